The molecular formula is C25H27Cl2FN2O3S. The number of thiophene rings is 1. The fraction of sp³-hybridized carbons (Fsp3) is 0.440. The third kappa shape index (κ3) is 6.51. The Hall–Kier alpha value is -2.11. The number of carboxylic acid groups (broad SMARTS) is 1. The summed E-state index contributed by atoms with van der Waals surface area (Å²) in [5.74, 6) is 4.64. The first kappa shape index (κ1) is 26.5. The molecule has 0 spiro atoms. The average molecular weight is 525 g/mol. The lowest BCUT2D eigenvalue weighted by Crippen LogP contribution is -2.48. The molecule has 2 heterocycles. The fourth-order valence-corrected chi connectivity index (χ4v) is 5.14. The first-order valence-corrected chi connectivity index (χ1v) is 12.5. The Bertz CT molecular complexity index is 1130. The SMILES string of the molecule is CC(C)(C)C#Cc1cc(N(C(=O)c2ccc(Cl)cc2Cl)C2CCN(CCF)CC2)c(C(=O)O)s1. The molecule has 0 saturated carbocycles. The summed E-state index contributed by atoms with van der Waals surface area (Å²) in [5, 5.41) is 10.5. The number of halogens is 3. The van der Waals surface area contributed by atoms with Crippen LogP contribution in [0.4, 0.5) is 10.1 Å². The molecule has 182 valence electrons. The number of hydrogen-bond donors (Lipinski definition) is 1. The zero-order chi connectivity index (χ0) is 25.0. The van der Waals surface area contributed by atoms with Crippen molar-refractivity contribution in [1.82, 2.24) is 4.90 Å². The number of benzene rings is 1. The van der Waals surface area contributed by atoms with Gasteiger partial charge in [-0.3, -0.25) is 4.79 Å². The molecule has 1 aromatic carbocycles. The number of alkyl halides is 1. The van der Waals surface area contributed by atoms with Gasteiger partial charge in [-0.2, -0.15) is 0 Å². The predicted molar refractivity (Wildman–Crippen MR) is 136 cm³/mol. The van der Waals surface area contributed by atoms with E-state index in [0.717, 1.165) is 11.3 Å². The highest BCUT2D eigenvalue weighted by atomic mass is 35.5. The number of amides is 1. The average Bonchev–Trinajstić information content (AvgIpc) is 3.17. The van der Waals surface area contributed by atoms with E-state index >= 15 is 0 Å². The number of rotatable bonds is 6. The topological polar surface area (TPSA) is 60.9 Å². The molecule has 1 aliphatic heterocycles. The normalized spacial score (nSPS) is 15.0. The molecule has 0 unspecified atom stereocenters. The third-order valence-corrected chi connectivity index (χ3v) is 7.01. The van der Waals surface area contributed by atoms with Crippen LogP contribution >= 0.6 is 34.5 Å². The summed E-state index contributed by atoms with van der Waals surface area (Å²) in [5.41, 5.74) is 0.279. The molecule has 0 radical (unpaired) electrons. The summed E-state index contributed by atoms with van der Waals surface area (Å²) in [6.07, 6.45) is 1.16. The second kappa shape index (κ2) is 11.1. The molecule has 0 atom stereocenters. The van der Waals surface area contributed by atoms with Gasteiger partial charge in [-0.1, -0.05) is 35.0 Å². The van der Waals surface area contributed by atoms with Gasteiger partial charge in [-0.05, 0) is 57.9 Å². The van der Waals surface area contributed by atoms with Gasteiger partial charge in [0.2, 0.25) is 0 Å². The Morgan fingerprint density at radius 2 is 1.91 bits per heavy atom. The Labute approximate surface area is 213 Å². The summed E-state index contributed by atoms with van der Waals surface area (Å²) < 4.78 is 12.8. The molecule has 1 aromatic heterocycles. The van der Waals surface area contributed by atoms with Crippen LogP contribution in [0.15, 0.2) is 24.3 Å². The zero-order valence-corrected chi connectivity index (χ0v) is 21.7. The van der Waals surface area contributed by atoms with Crippen LogP contribution in [-0.4, -0.2) is 54.2 Å². The maximum absolute atomic E-state index is 13.8. The molecule has 1 saturated heterocycles. The minimum atomic E-state index is -1.13. The van der Waals surface area contributed by atoms with Crippen molar-refractivity contribution >= 4 is 52.1 Å². The van der Waals surface area contributed by atoms with E-state index in [9.17, 15) is 19.1 Å². The van der Waals surface area contributed by atoms with Crippen LogP contribution in [0.3, 0.4) is 0 Å². The first-order chi connectivity index (χ1) is 16.0. The highest BCUT2D eigenvalue weighted by Crippen LogP contribution is 2.36. The molecule has 1 amide bonds. The van der Waals surface area contributed by atoms with Crippen LogP contribution < -0.4 is 4.90 Å². The first-order valence-electron chi connectivity index (χ1n) is 11.0. The van der Waals surface area contributed by atoms with E-state index in [-0.39, 0.29) is 26.9 Å². The third-order valence-electron chi connectivity index (χ3n) is 5.43. The molecule has 5 nitrogen and oxygen atoms in total. The number of aromatic carboxylic acids is 1. The maximum Gasteiger partial charge on any atom is 0.348 e. The Morgan fingerprint density at radius 3 is 2.47 bits per heavy atom. The number of piperidine rings is 1. The van der Waals surface area contributed by atoms with Crippen molar-refractivity contribution in [3.8, 4) is 11.8 Å². The second-order valence-corrected chi connectivity index (χ2v) is 11.1. The maximum atomic E-state index is 13.8. The van der Waals surface area contributed by atoms with Crippen LogP contribution in [0.25, 0.3) is 0 Å². The molecule has 1 N–H and O–H groups in total. The van der Waals surface area contributed by atoms with Gasteiger partial charge in [0.1, 0.15) is 11.6 Å². The summed E-state index contributed by atoms with van der Waals surface area (Å²) >= 11 is 13.4. The van der Waals surface area contributed by atoms with E-state index in [4.69, 9.17) is 23.2 Å². The number of carbonyl (C=O) groups is 2. The molecule has 0 bridgehead atoms. The Morgan fingerprint density at radius 1 is 1.24 bits per heavy atom. The summed E-state index contributed by atoms with van der Waals surface area (Å²) in [7, 11) is 0. The van der Waals surface area contributed by atoms with E-state index in [1.165, 1.54) is 11.0 Å². The van der Waals surface area contributed by atoms with Crippen molar-refractivity contribution in [3.63, 3.8) is 0 Å². The lowest BCUT2D eigenvalue weighted by molar-refractivity contribution is 0.0702. The Kier molecular flexibility index (Phi) is 8.64. The molecule has 0 aliphatic carbocycles. The lowest BCUT2D eigenvalue weighted by atomic mass is 9.98. The fourth-order valence-electron chi connectivity index (χ4n) is 3.81. The summed E-state index contributed by atoms with van der Waals surface area (Å²) in [6, 6.07) is 6.01. The van der Waals surface area contributed by atoms with Crippen LogP contribution in [0.5, 0.6) is 0 Å². The van der Waals surface area contributed by atoms with Gasteiger partial charge in [0.05, 0.1) is 21.2 Å². The van der Waals surface area contributed by atoms with Gasteiger partial charge in [-0.25, -0.2) is 9.18 Å². The predicted octanol–water partition coefficient (Wildman–Crippen LogP) is 6.23. The van der Waals surface area contributed by atoms with Crippen molar-refractivity contribution in [1.29, 1.82) is 0 Å². The van der Waals surface area contributed by atoms with Crippen molar-refractivity contribution in [2.75, 3.05) is 31.2 Å². The minimum Gasteiger partial charge on any atom is -0.477 e. The summed E-state index contributed by atoms with van der Waals surface area (Å²) in [4.78, 5) is 30.1. The van der Waals surface area contributed by atoms with Gasteiger partial charge in [-0.15, -0.1) is 11.3 Å². The number of nitrogens with zero attached hydrogens (tertiary/aromatic N) is 2. The number of hydrogen-bond acceptors (Lipinski definition) is 4. The quantitative estimate of drug-likeness (QED) is 0.455. The number of likely N-dealkylation sites (tertiary alicyclic amines) is 1. The zero-order valence-electron chi connectivity index (χ0n) is 19.3. The van der Waals surface area contributed by atoms with Crippen molar-refractivity contribution in [2.45, 2.75) is 39.7 Å². The number of anilines is 1. The van der Waals surface area contributed by atoms with Crippen LogP contribution in [0.1, 0.15) is 58.5 Å². The van der Waals surface area contributed by atoms with Crippen LogP contribution in [-0.2, 0) is 0 Å². The highest BCUT2D eigenvalue weighted by molar-refractivity contribution is 7.15. The van der Waals surface area contributed by atoms with Gasteiger partial charge in [0, 0.05) is 36.1 Å². The van der Waals surface area contributed by atoms with E-state index < -0.39 is 18.6 Å². The van der Waals surface area contributed by atoms with Crippen molar-refractivity contribution < 1.29 is 19.1 Å². The van der Waals surface area contributed by atoms with Gasteiger partial charge >= 0.3 is 5.97 Å². The largest absolute Gasteiger partial charge is 0.477 e. The molecule has 1 aliphatic rings. The molecular weight excluding hydrogens is 498 g/mol. The van der Waals surface area contributed by atoms with E-state index in [1.807, 2.05) is 25.7 Å². The lowest BCUT2D eigenvalue weighted by Gasteiger charge is -2.38. The van der Waals surface area contributed by atoms with Crippen molar-refractivity contribution in [3.05, 3.63) is 49.6 Å². The van der Waals surface area contributed by atoms with Crippen LogP contribution in [0.2, 0.25) is 10.0 Å². The monoisotopic (exact) mass is 524 g/mol. The molecule has 34 heavy (non-hydrogen) atoms. The van der Waals surface area contributed by atoms with Gasteiger partial charge < -0.3 is 14.9 Å². The molecule has 3 rings (SSSR count). The molecule has 2 aromatic rings. The van der Waals surface area contributed by atoms with E-state index in [2.05, 4.69) is 11.8 Å². The molecule has 1 fully saturated rings. The van der Waals surface area contributed by atoms with Crippen molar-refractivity contribution in [2.24, 2.45) is 5.41 Å². The van der Waals surface area contributed by atoms with Gasteiger partial charge in [0.15, 0.2) is 0 Å². The number of carboxylic acids is 1. The standard InChI is InChI=1S/C25H27Cl2FN2O3S/c1-25(2,3)9-6-18-15-21(22(34-18)24(32)33)30(17-7-11-29(12-8-17)13-10-28)23(31)19-5-4-16(26)14-20(19)27/h4-5,14-15,17H,7-8,10-13H2,1-3H3,(H,32,33). The number of carbonyl (C=O) groups excluding carboxylic acids is 1. The molecule has 9 heteroatoms. The van der Waals surface area contributed by atoms with Crippen LogP contribution in [0, 0.1) is 17.3 Å². The van der Waals surface area contributed by atoms with E-state index in [1.54, 1.807) is 18.2 Å². The summed E-state index contributed by atoms with van der Waals surface area (Å²) in [6.45, 7) is 7.03. The van der Waals surface area contributed by atoms with Gasteiger partial charge in [0.25, 0.3) is 5.91 Å². The highest BCUT2D eigenvalue weighted by Gasteiger charge is 2.34. The minimum absolute atomic E-state index is 0.0443. The van der Waals surface area contributed by atoms with E-state index in [0.29, 0.717) is 48.1 Å². The second-order valence-electron chi connectivity index (χ2n) is 9.19. The smallest absolute Gasteiger partial charge is 0.348 e. The Balaban J connectivity index is 2.08.